The van der Waals surface area contributed by atoms with E-state index in [9.17, 15) is 13.2 Å². The predicted molar refractivity (Wildman–Crippen MR) is 98.3 cm³/mol. The molecular weight excluding hydrogens is 354 g/mol. The maximum absolute atomic E-state index is 12.5. The molecule has 0 aromatic heterocycles. The van der Waals surface area contributed by atoms with E-state index in [2.05, 4.69) is 4.90 Å². The molecule has 144 valence electrons. The van der Waals surface area contributed by atoms with E-state index in [4.69, 9.17) is 4.74 Å². The zero-order valence-corrected chi connectivity index (χ0v) is 16.0. The number of carbonyl (C=O) groups excluding carboxylic acids is 1. The molecule has 2 aliphatic rings. The molecule has 0 radical (unpaired) electrons. The topological polar surface area (TPSA) is 70.2 Å². The number of likely N-dealkylation sites (N-methyl/N-ethyl adjacent to an activating group) is 1. The molecule has 2 fully saturated rings. The van der Waals surface area contributed by atoms with E-state index in [1.165, 1.54) is 7.05 Å². The second-order valence-electron chi connectivity index (χ2n) is 6.89. The lowest BCUT2D eigenvalue weighted by molar-refractivity contribution is -0.133. The van der Waals surface area contributed by atoms with Crippen molar-refractivity contribution in [3.05, 3.63) is 30.3 Å². The van der Waals surface area contributed by atoms with Gasteiger partial charge in [0.2, 0.25) is 15.9 Å². The van der Waals surface area contributed by atoms with Gasteiger partial charge in [0.1, 0.15) is 0 Å². The van der Waals surface area contributed by atoms with Crippen molar-refractivity contribution in [1.82, 2.24) is 14.1 Å². The van der Waals surface area contributed by atoms with Crippen molar-refractivity contribution in [1.29, 1.82) is 0 Å². The lowest BCUT2D eigenvalue weighted by atomic mass is 10.2. The van der Waals surface area contributed by atoms with Crippen LogP contribution in [0.1, 0.15) is 12.8 Å². The fourth-order valence-corrected chi connectivity index (χ4v) is 4.55. The summed E-state index contributed by atoms with van der Waals surface area (Å²) in [6, 6.07) is 8.20. The molecule has 7 nitrogen and oxygen atoms in total. The van der Waals surface area contributed by atoms with Gasteiger partial charge in [-0.3, -0.25) is 9.69 Å². The first-order chi connectivity index (χ1) is 12.5. The molecule has 0 bridgehead atoms. The van der Waals surface area contributed by atoms with Crippen LogP contribution >= 0.6 is 0 Å². The van der Waals surface area contributed by atoms with Crippen molar-refractivity contribution >= 4 is 15.9 Å². The number of hydrogen-bond acceptors (Lipinski definition) is 5. The number of piperazine rings is 1. The molecule has 2 saturated heterocycles. The molecule has 8 heteroatoms. The molecule has 2 heterocycles. The summed E-state index contributed by atoms with van der Waals surface area (Å²) in [4.78, 5) is 16.8. The Morgan fingerprint density at radius 1 is 1.19 bits per heavy atom. The number of amides is 1. The van der Waals surface area contributed by atoms with E-state index in [-0.39, 0.29) is 17.3 Å². The molecule has 26 heavy (non-hydrogen) atoms. The molecule has 0 saturated carbocycles. The van der Waals surface area contributed by atoms with Crippen LogP contribution in [0, 0.1) is 0 Å². The molecule has 0 spiro atoms. The minimum Gasteiger partial charge on any atom is -0.377 e. The normalized spacial score (nSPS) is 22.1. The molecule has 3 rings (SSSR count). The number of hydrogen-bond donors (Lipinski definition) is 0. The third-order valence-electron chi connectivity index (χ3n) is 5.02. The van der Waals surface area contributed by atoms with Crippen molar-refractivity contribution in [3.8, 4) is 0 Å². The molecule has 1 aromatic rings. The van der Waals surface area contributed by atoms with Crippen molar-refractivity contribution in [3.63, 3.8) is 0 Å². The van der Waals surface area contributed by atoms with E-state index in [1.54, 1.807) is 35.2 Å². The summed E-state index contributed by atoms with van der Waals surface area (Å²) in [5.74, 6) is -0.149. The second kappa shape index (κ2) is 8.47. The smallest absolute Gasteiger partial charge is 0.243 e. The van der Waals surface area contributed by atoms with Gasteiger partial charge in [-0.15, -0.1) is 0 Å². The SMILES string of the molecule is CN(CC(=O)N1CCN(CC2CCCO2)CC1)S(=O)(=O)c1ccccc1. The minimum atomic E-state index is -3.64. The van der Waals surface area contributed by atoms with Gasteiger partial charge in [0.15, 0.2) is 0 Å². The van der Waals surface area contributed by atoms with Gasteiger partial charge >= 0.3 is 0 Å². The van der Waals surface area contributed by atoms with Gasteiger partial charge in [-0.1, -0.05) is 18.2 Å². The predicted octanol–water partition coefficient (Wildman–Crippen LogP) is 0.630. The Hall–Kier alpha value is -1.48. The first-order valence-corrected chi connectivity index (χ1v) is 10.5. The van der Waals surface area contributed by atoms with E-state index in [0.717, 1.165) is 43.4 Å². The van der Waals surface area contributed by atoms with E-state index >= 15 is 0 Å². The second-order valence-corrected chi connectivity index (χ2v) is 8.94. The van der Waals surface area contributed by atoms with Crippen molar-refractivity contribution in [2.24, 2.45) is 0 Å². The summed E-state index contributed by atoms with van der Waals surface area (Å²) >= 11 is 0. The summed E-state index contributed by atoms with van der Waals surface area (Å²) in [6.45, 7) is 4.51. The quantitative estimate of drug-likeness (QED) is 0.723. The summed E-state index contributed by atoms with van der Waals surface area (Å²) < 4.78 is 31.9. The van der Waals surface area contributed by atoms with Crippen LogP contribution in [0.25, 0.3) is 0 Å². The van der Waals surface area contributed by atoms with Crippen LogP contribution in [0.3, 0.4) is 0 Å². The van der Waals surface area contributed by atoms with Crippen LogP contribution in [0.5, 0.6) is 0 Å². The number of benzene rings is 1. The molecule has 1 amide bonds. The number of sulfonamides is 1. The lowest BCUT2D eigenvalue weighted by Gasteiger charge is -2.36. The van der Waals surface area contributed by atoms with Gasteiger partial charge < -0.3 is 9.64 Å². The van der Waals surface area contributed by atoms with Crippen LogP contribution in [-0.4, -0.2) is 87.5 Å². The largest absolute Gasteiger partial charge is 0.377 e. The number of nitrogens with zero attached hydrogens (tertiary/aromatic N) is 3. The average Bonchev–Trinajstić information content (AvgIpc) is 3.16. The van der Waals surface area contributed by atoms with Crippen LogP contribution in [-0.2, 0) is 19.6 Å². The molecule has 0 N–H and O–H groups in total. The zero-order chi connectivity index (χ0) is 18.6. The van der Waals surface area contributed by atoms with Crippen LogP contribution < -0.4 is 0 Å². The fraction of sp³-hybridized carbons (Fsp3) is 0.611. The van der Waals surface area contributed by atoms with Gasteiger partial charge in [0.05, 0.1) is 17.5 Å². The Morgan fingerprint density at radius 3 is 2.50 bits per heavy atom. The maximum Gasteiger partial charge on any atom is 0.243 e. The summed E-state index contributed by atoms with van der Waals surface area (Å²) in [5.41, 5.74) is 0. The van der Waals surface area contributed by atoms with Crippen LogP contribution in [0.15, 0.2) is 35.2 Å². The van der Waals surface area contributed by atoms with Gasteiger partial charge in [0.25, 0.3) is 0 Å². The van der Waals surface area contributed by atoms with Gasteiger partial charge in [-0.25, -0.2) is 8.42 Å². The highest BCUT2D eigenvalue weighted by molar-refractivity contribution is 7.89. The first-order valence-electron chi connectivity index (χ1n) is 9.10. The standard InChI is InChI=1S/C18H27N3O4S/c1-19(26(23,24)17-7-3-2-4-8-17)15-18(22)21-11-9-20(10-12-21)14-16-6-5-13-25-16/h2-4,7-8,16H,5-6,9-15H2,1H3. The Labute approximate surface area is 155 Å². The van der Waals surface area contributed by atoms with E-state index in [0.29, 0.717) is 19.2 Å². The Balaban J connectivity index is 1.49. The summed E-state index contributed by atoms with van der Waals surface area (Å²) in [6.07, 6.45) is 2.56. The monoisotopic (exact) mass is 381 g/mol. The number of carbonyl (C=O) groups is 1. The van der Waals surface area contributed by atoms with E-state index in [1.807, 2.05) is 0 Å². The highest BCUT2D eigenvalue weighted by Gasteiger charge is 2.28. The summed E-state index contributed by atoms with van der Waals surface area (Å²) in [7, 11) is -2.19. The molecule has 1 unspecified atom stereocenters. The lowest BCUT2D eigenvalue weighted by Crippen LogP contribution is -2.52. The first kappa shape index (κ1) is 19.3. The fourth-order valence-electron chi connectivity index (χ4n) is 3.40. The third-order valence-corrected chi connectivity index (χ3v) is 6.84. The van der Waals surface area contributed by atoms with Gasteiger partial charge in [0, 0.05) is 46.4 Å². The number of rotatable bonds is 6. The maximum atomic E-state index is 12.5. The van der Waals surface area contributed by atoms with Crippen molar-refractivity contribution in [2.75, 3.05) is 52.9 Å². The Bertz CT molecular complexity index is 696. The highest BCUT2D eigenvalue weighted by atomic mass is 32.2. The summed E-state index contributed by atoms with van der Waals surface area (Å²) in [5, 5.41) is 0. The minimum absolute atomic E-state index is 0.136. The molecule has 0 aliphatic carbocycles. The molecule has 2 aliphatic heterocycles. The Morgan fingerprint density at radius 2 is 1.88 bits per heavy atom. The van der Waals surface area contributed by atoms with E-state index < -0.39 is 10.0 Å². The zero-order valence-electron chi connectivity index (χ0n) is 15.2. The molecule has 1 aromatic carbocycles. The Kier molecular flexibility index (Phi) is 6.29. The average molecular weight is 381 g/mol. The molecule has 1 atom stereocenters. The number of ether oxygens (including phenoxy) is 1. The van der Waals surface area contributed by atoms with Crippen molar-refractivity contribution < 1.29 is 17.9 Å². The third kappa shape index (κ3) is 4.62. The van der Waals surface area contributed by atoms with Crippen LogP contribution in [0.4, 0.5) is 0 Å². The van der Waals surface area contributed by atoms with Crippen LogP contribution in [0.2, 0.25) is 0 Å². The highest BCUT2D eigenvalue weighted by Crippen LogP contribution is 2.16. The molecular formula is C18H27N3O4S. The van der Waals surface area contributed by atoms with Gasteiger partial charge in [-0.05, 0) is 25.0 Å². The van der Waals surface area contributed by atoms with Gasteiger partial charge in [-0.2, -0.15) is 4.31 Å². The van der Waals surface area contributed by atoms with Crippen molar-refractivity contribution in [2.45, 2.75) is 23.8 Å².